The molecule has 1 amide bonds. The third-order valence-corrected chi connectivity index (χ3v) is 11.0. The normalized spacial score (nSPS) is 12.8. The van der Waals surface area contributed by atoms with E-state index in [1.54, 1.807) is 0 Å². The molecular weight excluding hydrogens is 426 g/mol. The topological polar surface area (TPSA) is 38.8 Å². The van der Waals surface area contributed by atoms with Gasteiger partial charge in [-0.1, -0.05) is 87.5 Å². The lowest BCUT2D eigenvalue weighted by molar-refractivity contribution is 0.0738. The molecule has 2 aromatic carbocycles. The fourth-order valence-electron chi connectivity index (χ4n) is 3.38. The van der Waals surface area contributed by atoms with E-state index in [2.05, 4.69) is 40.4 Å². The van der Waals surface area contributed by atoms with Gasteiger partial charge >= 0.3 is 6.09 Å². The number of nitrogens with zero attached hydrogens (tertiary/aromatic N) is 1. The molecule has 0 aromatic heterocycles. The number of hydrogen-bond acceptors (Lipinski definition) is 3. The van der Waals surface area contributed by atoms with Crippen molar-refractivity contribution >= 4 is 14.4 Å². The van der Waals surface area contributed by atoms with Crippen molar-refractivity contribution in [3.05, 3.63) is 84.4 Å². The van der Waals surface area contributed by atoms with E-state index in [4.69, 9.17) is 9.16 Å². The molecule has 0 spiro atoms. The summed E-state index contributed by atoms with van der Waals surface area (Å²) < 4.78 is 12.1. The fraction of sp³-hybridized carbons (Fsp3) is 0.464. The molecule has 0 bridgehead atoms. The van der Waals surface area contributed by atoms with E-state index in [9.17, 15) is 4.79 Å². The molecule has 33 heavy (non-hydrogen) atoms. The molecule has 0 N–H and O–H groups in total. The number of carbonyl (C=O) groups excluding carboxylic acids is 1. The van der Waals surface area contributed by atoms with Gasteiger partial charge in [0.2, 0.25) is 0 Å². The van der Waals surface area contributed by atoms with Crippen LogP contribution in [0, 0.1) is 0 Å². The van der Waals surface area contributed by atoms with Crippen LogP contribution in [0.5, 0.6) is 0 Å². The molecule has 0 radical (unpaired) electrons. The molecule has 180 valence electrons. The summed E-state index contributed by atoms with van der Waals surface area (Å²) in [5.41, 5.74) is 2.06. The number of benzene rings is 2. The first-order valence-corrected chi connectivity index (χ1v) is 14.8. The lowest BCUT2D eigenvalue weighted by Gasteiger charge is -2.36. The van der Waals surface area contributed by atoms with Crippen molar-refractivity contribution in [1.29, 1.82) is 0 Å². The molecule has 0 aliphatic heterocycles. The van der Waals surface area contributed by atoms with Gasteiger partial charge in [-0.3, -0.25) is 0 Å². The van der Waals surface area contributed by atoms with Gasteiger partial charge in [0.1, 0.15) is 6.61 Å². The third-order valence-electron chi connectivity index (χ3n) is 6.47. The van der Waals surface area contributed by atoms with Crippen molar-refractivity contribution in [2.75, 3.05) is 6.61 Å². The van der Waals surface area contributed by atoms with E-state index >= 15 is 0 Å². The van der Waals surface area contributed by atoms with Gasteiger partial charge in [-0.25, -0.2) is 4.79 Å². The summed E-state index contributed by atoms with van der Waals surface area (Å²) in [7, 11) is -1.78. The van der Waals surface area contributed by atoms with Crippen LogP contribution in [0.15, 0.2) is 73.3 Å². The first kappa shape index (κ1) is 26.9. The minimum atomic E-state index is -1.78. The molecule has 0 heterocycles. The highest BCUT2D eigenvalue weighted by Gasteiger charge is 2.37. The van der Waals surface area contributed by atoms with Crippen LogP contribution < -0.4 is 0 Å². The van der Waals surface area contributed by atoms with Crippen molar-refractivity contribution in [2.45, 2.75) is 77.4 Å². The van der Waals surface area contributed by atoms with Gasteiger partial charge in [0.05, 0.1) is 0 Å². The lowest BCUT2D eigenvalue weighted by Crippen LogP contribution is -2.42. The number of amides is 1. The van der Waals surface area contributed by atoms with Crippen molar-refractivity contribution < 1.29 is 14.0 Å². The van der Waals surface area contributed by atoms with Gasteiger partial charge in [-0.2, -0.15) is 0 Å². The zero-order valence-corrected chi connectivity index (χ0v) is 22.0. The first-order chi connectivity index (χ1) is 15.6. The number of hydrogen-bond donors (Lipinski definition) is 0. The van der Waals surface area contributed by atoms with Crippen LogP contribution in [0.2, 0.25) is 18.1 Å². The Kier molecular flexibility index (Phi) is 10.4. The molecule has 1 atom stereocenters. The van der Waals surface area contributed by atoms with E-state index in [1.807, 2.05) is 71.6 Å². The van der Waals surface area contributed by atoms with E-state index in [0.29, 0.717) is 19.6 Å². The fourth-order valence-corrected chi connectivity index (χ4v) is 4.47. The maximum absolute atomic E-state index is 13.2. The highest BCUT2D eigenvalue weighted by molar-refractivity contribution is 6.74. The third kappa shape index (κ3) is 8.82. The minimum absolute atomic E-state index is 0.00833. The second-order valence-electron chi connectivity index (χ2n) is 10.1. The Morgan fingerprint density at radius 1 is 1.03 bits per heavy atom. The molecule has 1 unspecified atom stereocenters. The average Bonchev–Trinajstić information content (AvgIpc) is 2.78. The largest absolute Gasteiger partial charge is 0.445 e. The highest BCUT2D eigenvalue weighted by atomic mass is 28.4. The van der Waals surface area contributed by atoms with E-state index in [0.717, 1.165) is 24.0 Å². The monoisotopic (exact) mass is 467 g/mol. The summed E-state index contributed by atoms with van der Waals surface area (Å²) in [6.07, 6.45) is 4.05. The van der Waals surface area contributed by atoms with Crippen LogP contribution in [0.1, 0.15) is 51.2 Å². The molecule has 0 fully saturated rings. The molecule has 2 rings (SSSR count). The molecule has 0 aliphatic carbocycles. The minimum Gasteiger partial charge on any atom is -0.445 e. The second-order valence-corrected chi connectivity index (χ2v) is 14.9. The predicted octanol–water partition coefficient (Wildman–Crippen LogP) is 7.57. The van der Waals surface area contributed by atoms with Gasteiger partial charge in [0.25, 0.3) is 0 Å². The molecule has 2 aromatic rings. The Balaban J connectivity index is 2.07. The van der Waals surface area contributed by atoms with E-state index in [-0.39, 0.29) is 23.8 Å². The molecular formula is C28H41NO3Si. The van der Waals surface area contributed by atoms with Gasteiger partial charge in [-0.05, 0) is 48.5 Å². The number of carbonyl (C=O) groups is 1. The van der Waals surface area contributed by atoms with Crippen LogP contribution in [0.4, 0.5) is 4.79 Å². The smallest absolute Gasteiger partial charge is 0.410 e. The zero-order valence-electron chi connectivity index (χ0n) is 21.0. The maximum Gasteiger partial charge on any atom is 0.410 e. The Morgan fingerprint density at radius 2 is 1.61 bits per heavy atom. The van der Waals surface area contributed by atoms with Gasteiger partial charge in [-0.15, -0.1) is 6.58 Å². The number of rotatable bonds is 12. The molecule has 5 heteroatoms. The maximum atomic E-state index is 13.2. The van der Waals surface area contributed by atoms with Gasteiger partial charge in [0.15, 0.2) is 8.32 Å². The summed E-state index contributed by atoms with van der Waals surface area (Å²) in [5.74, 6) is 0. The molecule has 4 nitrogen and oxygen atoms in total. The van der Waals surface area contributed by atoms with E-state index < -0.39 is 8.32 Å². The highest BCUT2D eigenvalue weighted by Crippen LogP contribution is 2.36. The van der Waals surface area contributed by atoms with Crippen LogP contribution >= 0.6 is 0 Å². The van der Waals surface area contributed by atoms with Crippen molar-refractivity contribution in [1.82, 2.24) is 4.90 Å². The molecule has 0 aliphatic rings. The summed E-state index contributed by atoms with van der Waals surface area (Å²) >= 11 is 0. The predicted molar refractivity (Wildman–Crippen MR) is 140 cm³/mol. The van der Waals surface area contributed by atoms with Crippen LogP contribution in [-0.2, 0) is 22.3 Å². The SMILES string of the molecule is C=CCC(CCCO[Si](C)(C)C(C)(C)C)N(Cc1ccccc1)C(=O)OCc1ccccc1. The summed E-state index contributed by atoms with van der Waals surface area (Å²) in [6, 6.07) is 19.9. The Labute approximate surface area is 201 Å². The second kappa shape index (κ2) is 12.8. The van der Waals surface area contributed by atoms with Gasteiger partial charge in [0, 0.05) is 19.2 Å². The van der Waals surface area contributed by atoms with Gasteiger partial charge < -0.3 is 14.1 Å². The molecule has 0 saturated heterocycles. The van der Waals surface area contributed by atoms with Crippen molar-refractivity contribution in [2.24, 2.45) is 0 Å². The Morgan fingerprint density at radius 3 is 2.15 bits per heavy atom. The average molecular weight is 468 g/mol. The zero-order chi connectivity index (χ0) is 24.3. The van der Waals surface area contributed by atoms with Crippen molar-refractivity contribution in [3.8, 4) is 0 Å². The Hall–Kier alpha value is -2.37. The molecule has 0 saturated carbocycles. The van der Waals surface area contributed by atoms with Crippen LogP contribution in [0.25, 0.3) is 0 Å². The lowest BCUT2D eigenvalue weighted by atomic mass is 10.1. The first-order valence-electron chi connectivity index (χ1n) is 11.9. The summed E-state index contributed by atoms with van der Waals surface area (Å²) in [4.78, 5) is 15.1. The summed E-state index contributed by atoms with van der Waals surface area (Å²) in [5, 5.41) is 0.189. The quantitative estimate of drug-likeness (QED) is 0.183. The van der Waals surface area contributed by atoms with E-state index in [1.165, 1.54) is 0 Å². The summed E-state index contributed by atoms with van der Waals surface area (Å²) in [6.45, 7) is 16.7. The van der Waals surface area contributed by atoms with Crippen molar-refractivity contribution in [3.63, 3.8) is 0 Å². The van der Waals surface area contributed by atoms with Crippen LogP contribution in [0.3, 0.4) is 0 Å². The Bertz CT molecular complexity index is 846. The standard InChI is InChI=1S/C28H41NO3Si/c1-7-15-26(20-14-21-32-33(5,6)28(2,3)4)29(22-24-16-10-8-11-17-24)27(30)31-23-25-18-12-9-13-19-25/h7-13,16-19,26H,1,14-15,20-23H2,2-6H3. The van der Waals surface area contributed by atoms with Crippen LogP contribution in [-0.4, -0.2) is 32.0 Å². The number of ether oxygens (including phenoxy) is 1.